The molecule has 0 aromatic heterocycles. The van der Waals surface area contributed by atoms with Crippen molar-refractivity contribution in [1.82, 2.24) is 4.31 Å². The van der Waals surface area contributed by atoms with E-state index in [1.807, 2.05) is 6.92 Å². The molecule has 0 fully saturated rings. The molecule has 0 bridgehead atoms. The maximum absolute atomic E-state index is 12.0. The number of nitrogens with one attached hydrogen (secondary N) is 1. The first-order valence-electron chi connectivity index (χ1n) is 5.46. The fraction of sp³-hybridized carbons (Fsp3) is 0.455. The largest absolute Gasteiger partial charge is 0.398 e. The van der Waals surface area contributed by atoms with E-state index in [9.17, 15) is 8.42 Å². The standard InChI is InChI=1S/C11H18BrN3O2S/c1-7(2)15(4)18(16,17)14-11-6-10(13)8(3)5-9(11)12/h5-7,14H,13H2,1-4H3. The summed E-state index contributed by atoms with van der Waals surface area (Å²) in [7, 11) is -2.04. The van der Waals surface area contributed by atoms with Crippen molar-refractivity contribution in [1.29, 1.82) is 0 Å². The van der Waals surface area contributed by atoms with Crippen LogP contribution in [-0.4, -0.2) is 25.8 Å². The number of nitrogen functional groups attached to an aromatic ring is 1. The SMILES string of the molecule is Cc1cc(Br)c(NS(=O)(=O)N(C)C(C)C)cc1N. The zero-order valence-corrected chi connectivity index (χ0v) is 13.3. The summed E-state index contributed by atoms with van der Waals surface area (Å²) in [5.41, 5.74) is 7.65. The van der Waals surface area contributed by atoms with E-state index < -0.39 is 10.2 Å². The van der Waals surface area contributed by atoms with E-state index in [1.165, 1.54) is 11.4 Å². The Bertz CT molecular complexity index is 543. The zero-order valence-electron chi connectivity index (χ0n) is 10.9. The molecular formula is C11H18BrN3O2S. The van der Waals surface area contributed by atoms with Crippen molar-refractivity contribution >= 4 is 37.5 Å². The first-order chi connectivity index (χ1) is 8.15. The molecule has 0 unspecified atom stereocenters. The number of anilines is 2. The van der Waals surface area contributed by atoms with Crippen molar-refractivity contribution < 1.29 is 8.42 Å². The fourth-order valence-corrected chi connectivity index (χ4v) is 3.09. The van der Waals surface area contributed by atoms with E-state index in [4.69, 9.17) is 5.73 Å². The highest BCUT2D eigenvalue weighted by atomic mass is 79.9. The minimum absolute atomic E-state index is 0.121. The summed E-state index contributed by atoms with van der Waals surface area (Å²) in [6.07, 6.45) is 0. The van der Waals surface area contributed by atoms with Crippen LogP contribution < -0.4 is 10.5 Å². The van der Waals surface area contributed by atoms with Gasteiger partial charge in [-0.3, -0.25) is 4.72 Å². The molecule has 18 heavy (non-hydrogen) atoms. The van der Waals surface area contributed by atoms with Crippen LogP contribution in [0.4, 0.5) is 11.4 Å². The average molecular weight is 336 g/mol. The van der Waals surface area contributed by atoms with Crippen LogP contribution in [0.1, 0.15) is 19.4 Å². The van der Waals surface area contributed by atoms with Crippen LogP contribution in [-0.2, 0) is 10.2 Å². The van der Waals surface area contributed by atoms with Gasteiger partial charge >= 0.3 is 10.2 Å². The van der Waals surface area contributed by atoms with Gasteiger partial charge in [0, 0.05) is 23.2 Å². The molecule has 102 valence electrons. The maximum Gasteiger partial charge on any atom is 0.301 e. The molecule has 1 aromatic rings. The number of hydrogen-bond acceptors (Lipinski definition) is 3. The molecule has 0 aliphatic rings. The monoisotopic (exact) mass is 335 g/mol. The molecule has 5 nitrogen and oxygen atoms in total. The Morgan fingerprint density at radius 3 is 2.44 bits per heavy atom. The molecule has 0 amide bonds. The highest BCUT2D eigenvalue weighted by molar-refractivity contribution is 9.10. The summed E-state index contributed by atoms with van der Waals surface area (Å²) in [6, 6.07) is 3.26. The summed E-state index contributed by atoms with van der Waals surface area (Å²) >= 11 is 3.32. The predicted molar refractivity (Wildman–Crippen MR) is 78.7 cm³/mol. The van der Waals surface area contributed by atoms with Crippen LogP contribution in [0.2, 0.25) is 0 Å². The molecule has 0 atom stereocenters. The topological polar surface area (TPSA) is 75.4 Å². The number of aryl methyl sites for hydroxylation is 1. The second-order valence-corrected chi connectivity index (χ2v) is 6.99. The van der Waals surface area contributed by atoms with E-state index in [2.05, 4.69) is 20.7 Å². The molecule has 0 radical (unpaired) electrons. The van der Waals surface area contributed by atoms with Crippen LogP contribution >= 0.6 is 15.9 Å². The van der Waals surface area contributed by atoms with Gasteiger partial charge in [-0.05, 0) is 54.4 Å². The van der Waals surface area contributed by atoms with Crippen molar-refractivity contribution in [2.45, 2.75) is 26.8 Å². The van der Waals surface area contributed by atoms with Crippen LogP contribution in [0.3, 0.4) is 0 Å². The highest BCUT2D eigenvalue weighted by Crippen LogP contribution is 2.29. The van der Waals surface area contributed by atoms with Crippen LogP contribution in [0.5, 0.6) is 0 Å². The van der Waals surface area contributed by atoms with Crippen molar-refractivity contribution in [3.05, 3.63) is 22.2 Å². The first-order valence-corrected chi connectivity index (χ1v) is 7.70. The molecule has 1 rings (SSSR count). The van der Waals surface area contributed by atoms with E-state index >= 15 is 0 Å². The Balaban J connectivity index is 3.09. The van der Waals surface area contributed by atoms with Crippen molar-refractivity contribution in [3.63, 3.8) is 0 Å². The lowest BCUT2D eigenvalue weighted by molar-refractivity contribution is 0.414. The third kappa shape index (κ3) is 3.37. The number of nitrogens with zero attached hydrogens (tertiary/aromatic N) is 1. The molecule has 3 N–H and O–H groups in total. The van der Waals surface area contributed by atoms with Gasteiger partial charge in [0.2, 0.25) is 0 Å². The number of benzene rings is 1. The second kappa shape index (κ2) is 5.46. The molecule has 0 saturated heterocycles. The lowest BCUT2D eigenvalue weighted by Gasteiger charge is -2.22. The van der Waals surface area contributed by atoms with Gasteiger partial charge in [-0.2, -0.15) is 12.7 Å². The molecule has 0 spiro atoms. The van der Waals surface area contributed by atoms with Gasteiger partial charge < -0.3 is 5.73 Å². The lowest BCUT2D eigenvalue weighted by Crippen LogP contribution is -2.37. The minimum atomic E-state index is -3.57. The van der Waals surface area contributed by atoms with Gasteiger partial charge in [-0.1, -0.05) is 0 Å². The number of hydrogen-bond donors (Lipinski definition) is 2. The number of rotatable bonds is 4. The summed E-state index contributed by atoms with van der Waals surface area (Å²) in [4.78, 5) is 0. The van der Waals surface area contributed by atoms with Crippen molar-refractivity contribution in [3.8, 4) is 0 Å². The summed E-state index contributed by atoms with van der Waals surface area (Å²) < 4.78 is 28.5. The van der Waals surface area contributed by atoms with Gasteiger partial charge in [-0.15, -0.1) is 0 Å². The van der Waals surface area contributed by atoms with Gasteiger partial charge in [-0.25, -0.2) is 0 Å². The molecule has 0 heterocycles. The quantitative estimate of drug-likeness (QED) is 0.829. The molecule has 1 aromatic carbocycles. The zero-order chi connectivity index (χ0) is 14.1. The molecular weight excluding hydrogens is 318 g/mol. The van der Waals surface area contributed by atoms with Gasteiger partial charge in [0.25, 0.3) is 0 Å². The fourth-order valence-electron chi connectivity index (χ4n) is 1.26. The van der Waals surface area contributed by atoms with E-state index in [-0.39, 0.29) is 6.04 Å². The average Bonchev–Trinajstić information content (AvgIpc) is 2.24. The van der Waals surface area contributed by atoms with Gasteiger partial charge in [0.05, 0.1) is 5.69 Å². The Labute approximate surface area is 117 Å². The minimum Gasteiger partial charge on any atom is -0.398 e. The van der Waals surface area contributed by atoms with E-state index in [0.29, 0.717) is 15.8 Å². The van der Waals surface area contributed by atoms with Gasteiger partial charge in [0.15, 0.2) is 0 Å². The summed E-state index contributed by atoms with van der Waals surface area (Å²) in [5, 5.41) is 0. The number of halogens is 1. The van der Waals surface area contributed by atoms with Crippen LogP contribution in [0, 0.1) is 6.92 Å². The highest BCUT2D eigenvalue weighted by Gasteiger charge is 2.21. The molecule has 0 aliphatic carbocycles. The lowest BCUT2D eigenvalue weighted by atomic mass is 10.2. The van der Waals surface area contributed by atoms with Crippen LogP contribution in [0.15, 0.2) is 16.6 Å². The normalized spacial score (nSPS) is 12.2. The Morgan fingerprint density at radius 1 is 1.39 bits per heavy atom. The Hall–Kier alpha value is -0.790. The summed E-state index contributed by atoms with van der Waals surface area (Å²) in [5.74, 6) is 0. The van der Waals surface area contributed by atoms with Crippen LogP contribution in [0.25, 0.3) is 0 Å². The third-order valence-corrected chi connectivity index (χ3v) is 5.01. The number of nitrogens with two attached hydrogens (primary N) is 1. The first kappa shape index (κ1) is 15.3. The molecule has 0 aliphatic heterocycles. The van der Waals surface area contributed by atoms with Gasteiger partial charge in [0.1, 0.15) is 0 Å². The smallest absolute Gasteiger partial charge is 0.301 e. The van der Waals surface area contributed by atoms with E-state index in [0.717, 1.165) is 5.56 Å². The second-order valence-electron chi connectivity index (χ2n) is 4.41. The Kier molecular flexibility index (Phi) is 4.63. The van der Waals surface area contributed by atoms with Crippen molar-refractivity contribution in [2.24, 2.45) is 0 Å². The third-order valence-electron chi connectivity index (χ3n) is 2.70. The summed E-state index contributed by atoms with van der Waals surface area (Å²) in [6.45, 7) is 5.47. The maximum atomic E-state index is 12.0. The van der Waals surface area contributed by atoms with E-state index in [1.54, 1.807) is 26.0 Å². The Morgan fingerprint density at radius 2 is 1.94 bits per heavy atom. The molecule has 0 saturated carbocycles. The van der Waals surface area contributed by atoms with Crippen molar-refractivity contribution in [2.75, 3.05) is 17.5 Å². The predicted octanol–water partition coefficient (Wildman–Crippen LogP) is 2.34. The molecule has 7 heteroatoms.